The van der Waals surface area contributed by atoms with Gasteiger partial charge >= 0.3 is 0 Å². The highest BCUT2D eigenvalue weighted by Crippen LogP contribution is 2.47. The normalized spacial score (nSPS) is 23.9. The zero-order valence-electron chi connectivity index (χ0n) is 16.9. The molecule has 8 heteroatoms. The third-order valence-electron chi connectivity index (χ3n) is 6.36. The number of carbonyl (C=O) groups excluding carboxylic acids is 1. The molecule has 2 heterocycles. The average molecular weight is 456 g/mol. The number of nitrogens with zero attached hydrogens (tertiary/aromatic N) is 4. The van der Waals surface area contributed by atoms with Gasteiger partial charge in [-0.25, -0.2) is 5.10 Å². The summed E-state index contributed by atoms with van der Waals surface area (Å²) < 4.78 is 0. The Bertz CT molecular complexity index is 1050. The summed E-state index contributed by atoms with van der Waals surface area (Å²) >= 11 is 12.5. The largest absolute Gasteiger partial charge is 0.335 e. The minimum atomic E-state index is -0.193. The second-order valence-corrected chi connectivity index (χ2v) is 9.45. The van der Waals surface area contributed by atoms with Crippen molar-refractivity contribution in [3.05, 3.63) is 75.5 Å². The smallest absolute Gasteiger partial charge is 0.226 e. The van der Waals surface area contributed by atoms with Crippen molar-refractivity contribution >= 4 is 29.1 Å². The number of hydrogen-bond donors (Lipinski definition) is 1. The van der Waals surface area contributed by atoms with Gasteiger partial charge in [-0.3, -0.25) is 4.79 Å². The Morgan fingerprint density at radius 1 is 1.03 bits per heavy atom. The van der Waals surface area contributed by atoms with Crippen LogP contribution in [-0.2, 0) is 11.2 Å². The molecule has 3 aromatic rings. The molecule has 6 nitrogen and oxygen atoms in total. The zero-order valence-corrected chi connectivity index (χ0v) is 18.4. The molecule has 1 aliphatic heterocycles. The first kappa shape index (κ1) is 20.5. The predicted molar refractivity (Wildman–Crippen MR) is 119 cm³/mol. The first-order valence-electron chi connectivity index (χ1n) is 10.6. The van der Waals surface area contributed by atoms with Crippen LogP contribution in [0.25, 0.3) is 0 Å². The highest BCUT2D eigenvalue weighted by Gasteiger charge is 2.44. The summed E-state index contributed by atoms with van der Waals surface area (Å²) in [7, 11) is 0. The number of hydrogen-bond acceptors (Lipinski definition) is 4. The monoisotopic (exact) mass is 455 g/mol. The van der Waals surface area contributed by atoms with E-state index in [1.807, 2.05) is 42.5 Å². The summed E-state index contributed by atoms with van der Waals surface area (Å²) in [6, 6.07) is 15.8. The van der Waals surface area contributed by atoms with E-state index in [-0.39, 0.29) is 23.8 Å². The number of carbonyl (C=O) groups is 1. The minimum absolute atomic E-state index is 0.0621. The maximum atomic E-state index is 13.7. The van der Waals surface area contributed by atoms with E-state index < -0.39 is 0 Å². The molecule has 5 rings (SSSR count). The Morgan fingerprint density at radius 2 is 1.84 bits per heavy atom. The summed E-state index contributed by atoms with van der Waals surface area (Å²) in [4.78, 5) is 15.8. The lowest BCUT2D eigenvalue weighted by Crippen LogP contribution is -2.48. The maximum absolute atomic E-state index is 13.7. The fourth-order valence-electron chi connectivity index (χ4n) is 4.70. The molecule has 0 radical (unpaired) electrons. The highest BCUT2D eigenvalue weighted by molar-refractivity contribution is 6.30. The number of rotatable bonds is 6. The number of tetrazole rings is 1. The molecule has 2 aliphatic rings. The van der Waals surface area contributed by atoms with E-state index in [9.17, 15) is 4.79 Å². The van der Waals surface area contributed by atoms with E-state index in [4.69, 9.17) is 23.2 Å². The molecule has 1 amide bonds. The summed E-state index contributed by atoms with van der Waals surface area (Å²) in [5.41, 5.74) is 2.24. The molecule has 31 heavy (non-hydrogen) atoms. The topological polar surface area (TPSA) is 74.8 Å². The van der Waals surface area contributed by atoms with E-state index in [1.54, 1.807) is 0 Å². The third kappa shape index (κ3) is 4.46. The van der Waals surface area contributed by atoms with Crippen LogP contribution >= 0.6 is 23.2 Å². The lowest BCUT2D eigenvalue weighted by Gasteiger charge is -2.45. The van der Waals surface area contributed by atoms with Gasteiger partial charge in [-0.15, -0.1) is 5.10 Å². The van der Waals surface area contributed by atoms with Gasteiger partial charge in [0.2, 0.25) is 5.91 Å². The molecular formula is C23H23Cl2N5O. The van der Waals surface area contributed by atoms with Gasteiger partial charge in [0.05, 0.1) is 6.04 Å². The molecule has 1 saturated heterocycles. The van der Waals surface area contributed by atoms with Crippen LogP contribution < -0.4 is 0 Å². The van der Waals surface area contributed by atoms with Gasteiger partial charge in [-0.1, -0.05) is 47.5 Å². The van der Waals surface area contributed by atoms with Crippen LogP contribution in [0.2, 0.25) is 10.0 Å². The van der Waals surface area contributed by atoms with Gasteiger partial charge in [-0.2, -0.15) is 0 Å². The standard InChI is InChI=1S/C23H23Cl2N5O/c24-18-8-6-15(7-9-18)22-20(16-2-1-3-19(25)10-16)11-17(12-21-26-28-29-27-21)23(31)30(22)13-14-4-5-14/h1-3,6-10,14,17,20,22H,4-5,11-13H2,(H,26,27,28,29)/t17-,20?,22-/m1/s1. The molecule has 2 aromatic carbocycles. The van der Waals surface area contributed by atoms with Crippen LogP contribution in [0.5, 0.6) is 0 Å². The zero-order chi connectivity index (χ0) is 21.4. The Morgan fingerprint density at radius 3 is 2.52 bits per heavy atom. The number of halogens is 2. The quantitative estimate of drug-likeness (QED) is 0.577. The Kier molecular flexibility index (Phi) is 5.67. The Labute approximate surface area is 190 Å². The van der Waals surface area contributed by atoms with Crippen molar-refractivity contribution in [3.63, 3.8) is 0 Å². The van der Waals surface area contributed by atoms with Crippen LogP contribution in [0.3, 0.4) is 0 Å². The van der Waals surface area contributed by atoms with Crippen LogP contribution in [0, 0.1) is 11.8 Å². The molecule has 1 N–H and O–H groups in total. The van der Waals surface area contributed by atoms with Crippen molar-refractivity contribution in [2.45, 2.75) is 37.6 Å². The molecule has 1 aromatic heterocycles. The van der Waals surface area contributed by atoms with Crippen LogP contribution in [0.4, 0.5) is 0 Å². The van der Waals surface area contributed by atoms with E-state index in [2.05, 4.69) is 31.6 Å². The SMILES string of the molecule is O=C1[C@@H](Cc2nnn[nH]2)CC(c2cccc(Cl)c2)[C@@H](c2ccc(Cl)cc2)N1CC1CC1. The first-order chi connectivity index (χ1) is 15.1. The predicted octanol–water partition coefficient (Wildman–Crippen LogP) is 4.83. The van der Waals surface area contributed by atoms with Crippen molar-refractivity contribution in [2.75, 3.05) is 6.54 Å². The number of aromatic nitrogens is 4. The van der Waals surface area contributed by atoms with Crippen LogP contribution in [-0.4, -0.2) is 38.0 Å². The average Bonchev–Trinajstić information content (AvgIpc) is 3.44. The van der Waals surface area contributed by atoms with Gasteiger partial charge < -0.3 is 4.90 Å². The number of H-pyrrole nitrogens is 1. The Hall–Kier alpha value is -2.44. The van der Waals surface area contributed by atoms with Crippen molar-refractivity contribution in [1.82, 2.24) is 25.5 Å². The van der Waals surface area contributed by atoms with Gasteiger partial charge in [-0.05, 0) is 71.0 Å². The molecule has 0 spiro atoms. The number of aromatic amines is 1. The summed E-state index contributed by atoms with van der Waals surface area (Å²) in [5, 5.41) is 15.6. The fraction of sp³-hybridized carbons (Fsp3) is 0.391. The minimum Gasteiger partial charge on any atom is -0.335 e. The van der Waals surface area contributed by atoms with Crippen LogP contribution in [0.15, 0.2) is 48.5 Å². The number of benzene rings is 2. The maximum Gasteiger partial charge on any atom is 0.226 e. The molecule has 0 bridgehead atoms. The van der Waals surface area contributed by atoms with Crippen molar-refractivity contribution in [3.8, 4) is 0 Å². The summed E-state index contributed by atoms with van der Waals surface area (Å²) in [6.07, 6.45) is 3.55. The molecular weight excluding hydrogens is 433 g/mol. The number of nitrogens with one attached hydrogen (secondary N) is 1. The van der Waals surface area contributed by atoms with Crippen molar-refractivity contribution in [2.24, 2.45) is 11.8 Å². The third-order valence-corrected chi connectivity index (χ3v) is 6.84. The van der Waals surface area contributed by atoms with Crippen LogP contribution in [0.1, 0.15) is 48.2 Å². The van der Waals surface area contributed by atoms with E-state index in [0.29, 0.717) is 34.6 Å². The summed E-state index contributed by atoms with van der Waals surface area (Å²) in [6.45, 7) is 0.772. The summed E-state index contributed by atoms with van der Waals surface area (Å²) in [5.74, 6) is 1.30. The highest BCUT2D eigenvalue weighted by atomic mass is 35.5. The second-order valence-electron chi connectivity index (χ2n) is 8.58. The molecule has 3 atom stereocenters. The second kappa shape index (κ2) is 8.60. The molecule has 2 fully saturated rings. The first-order valence-corrected chi connectivity index (χ1v) is 11.4. The van der Waals surface area contributed by atoms with Crippen molar-refractivity contribution < 1.29 is 4.79 Å². The number of likely N-dealkylation sites (tertiary alicyclic amines) is 1. The van der Waals surface area contributed by atoms with Gasteiger partial charge in [0.15, 0.2) is 0 Å². The lowest BCUT2D eigenvalue weighted by atomic mass is 9.74. The molecule has 1 aliphatic carbocycles. The lowest BCUT2D eigenvalue weighted by molar-refractivity contribution is -0.143. The van der Waals surface area contributed by atoms with E-state index >= 15 is 0 Å². The van der Waals surface area contributed by atoms with Gasteiger partial charge in [0, 0.05) is 34.8 Å². The fourth-order valence-corrected chi connectivity index (χ4v) is 5.03. The number of piperidine rings is 1. The van der Waals surface area contributed by atoms with E-state index in [1.165, 1.54) is 12.8 Å². The van der Waals surface area contributed by atoms with Gasteiger partial charge in [0.1, 0.15) is 5.82 Å². The number of amides is 1. The van der Waals surface area contributed by atoms with Crippen molar-refractivity contribution in [1.29, 1.82) is 0 Å². The molecule has 1 unspecified atom stereocenters. The van der Waals surface area contributed by atoms with Gasteiger partial charge in [0.25, 0.3) is 0 Å². The molecule has 160 valence electrons. The Balaban J connectivity index is 1.57. The molecule has 1 saturated carbocycles. The van der Waals surface area contributed by atoms with E-state index in [0.717, 1.165) is 17.7 Å².